The van der Waals surface area contributed by atoms with Gasteiger partial charge in [0.2, 0.25) is 0 Å². The fraction of sp³-hybridized carbons (Fsp3) is 0.250. The second kappa shape index (κ2) is 7.47. The van der Waals surface area contributed by atoms with Gasteiger partial charge in [0.1, 0.15) is 5.82 Å². The van der Waals surface area contributed by atoms with Crippen LogP contribution < -0.4 is 4.90 Å². The van der Waals surface area contributed by atoms with Gasteiger partial charge >= 0.3 is 0 Å². The van der Waals surface area contributed by atoms with E-state index >= 15 is 0 Å². The molecule has 0 unspecified atom stereocenters. The number of aromatic nitrogens is 1. The molecule has 1 aromatic heterocycles. The van der Waals surface area contributed by atoms with E-state index in [1.807, 2.05) is 11.0 Å². The van der Waals surface area contributed by atoms with Gasteiger partial charge in [0.05, 0.1) is 20.6 Å². The molecule has 0 radical (unpaired) electrons. The van der Waals surface area contributed by atoms with Gasteiger partial charge in [0.15, 0.2) is 5.84 Å². The summed E-state index contributed by atoms with van der Waals surface area (Å²) in [5, 5.41) is 14.4. The Morgan fingerprint density at radius 1 is 0.958 bits per heavy atom. The Labute approximate surface area is 155 Å². The molecule has 24 heavy (non-hydrogen) atoms. The van der Waals surface area contributed by atoms with E-state index in [-0.39, 0.29) is 0 Å². The van der Waals surface area contributed by atoms with Crippen LogP contribution in [-0.4, -0.2) is 47.1 Å². The van der Waals surface area contributed by atoms with Crippen LogP contribution in [0.2, 0.25) is 15.1 Å². The first kappa shape index (κ1) is 17.1. The van der Waals surface area contributed by atoms with Crippen molar-refractivity contribution in [1.82, 2.24) is 9.88 Å². The van der Waals surface area contributed by atoms with Gasteiger partial charge in [-0.25, -0.2) is 4.98 Å². The summed E-state index contributed by atoms with van der Waals surface area (Å²) in [7, 11) is 0. The minimum Gasteiger partial charge on any atom is -0.409 e. The maximum absolute atomic E-state index is 9.49. The van der Waals surface area contributed by atoms with Crippen molar-refractivity contribution < 1.29 is 5.21 Å². The first-order valence-corrected chi connectivity index (χ1v) is 8.52. The van der Waals surface area contributed by atoms with E-state index in [1.165, 1.54) is 0 Å². The smallest absolute Gasteiger partial charge is 0.178 e. The molecular weight excluding hydrogens is 371 g/mol. The van der Waals surface area contributed by atoms with Crippen molar-refractivity contribution in [3.8, 4) is 0 Å². The lowest BCUT2D eigenvalue weighted by Crippen LogP contribution is -2.49. The SMILES string of the molecule is ON=C(c1c(Cl)cccc1Cl)N1CCN(c2ncccc2Cl)CC1. The fourth-order valence-corrected chi connectivity index (χ4v) is 3.53. The number of benzene rings is 1. The second-order valence-electron chi connectivity index (χ2n) is 5.30. The molecule has 1 aliphatic rings. The lowest BCUT2D eigenvalue weighted by Gasteiger charge is -2.37. The number of hydrogen-bond donors (Lipinski definition) is 1. The van der Waals surface area contributed by atoms with Gasteiger partial charge in [-0.1, -0.05) is 46.0 Å². The standard InChI is InChI=1S/C16H15Cl3N4O/c17-11-3-1-4-12(18)14(11)16(21-24)23-9-7-22(8-10-23)15-13(19)5-2-6-20-15/h1-6,24H,7-10H2. The third-order valence-corrected chi connectivity index (χ3v) is 4.82. The maximum atomic E-state index is 9.49. The van der Waals surface area contributed by atoms with Crippen molar-refractivity contribution in [2.24, 2.45) is 5.16 Å². The van der Waals surface area contributed by atoms with Crippen LogP contribution in [0, 0.1) is 0 Å². The summed E-state index contributed by atoms with van der Waals surface area (Å²) in [4.78, 5) is 8.38. The van der Waals surface area contributed by atoms with Crippen molar-refractivity contribution in [3.05, 3.63) is 57.2 Å². The average molecular weight is 386 g/mol. The van der Waals surface area contributed by atoms with E-state index in [0.29, 0.717) is 52.6 Å². The molecule has 0 spiro atoms. The van der Waals surface area contributed by atoms with Gasteiger partial charge in [-0.3, -0.25) is 0 Å². The number of halogens is 3. The normalized spacial score (nSPS) is 15.7. The van der Waals surface area contributed by atoms with Crippen LogP contribution in [0.1, 0.15) is 5.56 Å². The van der Waals surface area contributed by atoms with Crippen molar-refractivity contribution in [1.29, 1.82) is 0 Å². The van der Waals surface area contributed by atoms with E-state index in [9.17, 15) is 5.21 Å². The number of pyridine rings is 1. The minimum atomic E-state index is 0.373. The zero-order valence-corrected chi connectivity index (χ0v) is 14.9. The molecule has 1 aromatic carbocycles. The van der Waals surface area contributed by atoms with Gasteiger partial charge < -0.3 is 15.0 Å². The molecule has 0 aliphatic carbocycles. The lowest BCUT2D eigenvalue weighted by molar-refractivity contribution is 0.296. The Morgan fingerprint density at radius 3 is 2.17 bits per heavy atom. The quantitative estimate of drug-likeness (QED) is 0.367. The molecule has 0 amide bonds. The predicted molar refractivity (Wildman–Crippen MR) is 97.8 cm³/mol. The largest absolute Gasteiger partial charge is 0.409 e. The monoisotopic (exact) mass is 384 g/mol. The van der Waals surface area contributed by atoms with Gasteiger partial charge in [-0.05, 0) is 24.3 Å². The van der Waals surface area contributed by atoms with Crippen LogP contribution in [-0.2, 0) is 0 Å². The molecule has 1 saturated heterocycles. The highest BCUT2D eigenvalue weighted by molar-refractivity contribution is 6.40. The van der Waals surface area contributed by atoms with E-state index in [1.54, 1.807) is 30.5 Å². The molecule has 126 valence electrons. The van der Waals surface area contributed by atoms with Crippen LogP contribution in [0.3, 0.4) is 0 Å². The molecule has 1 aliphatic heterocycles. The summed E-state index contributed by atoms with van der Waals surface area (Å²) in [6.45, 7) is 2.65. The van der Waals surface area contributed by atoms with Crippen LogP contribution in [0.4, 0.5) is 5.82 Å². The summed E-state index contributed by atoms with van der Waals surface area (Å²) >= 11 is 18.7. The van der Waals surface area contributed by atoms with Crippen LogP contribution >= 0.6 is 34.8 Å². The van der Waals surface area contributed by atoms with Gasteiger partial charge in [0.25, 0.3) is 0 Å². The Balaban J connectivity index is 1.77. The predicted octanol–water partition coefficient (Wildman–Crippen LogP) is 4.00. The van der Waals surface area contributed by atoms with E-state index in [4.69, 9.17) is 34.8 Å². The topological polar surface area (TPSA) is 52.0 Å². The van der Waals surface area contributed by atoms with Gasteiger partial charge in [-0.2, -0.15) is 0 Å². The molecule has 1 fully saturated rings. The Morgan fingerprint density at radius 2 is 1.58 bits per heavy atom. The zero-order chi connectivity index (χ0) is 17.1. The molecule has 3 rings (SSSR count). The first-order valence-electron chi connectivity index (χ1n) is 7.38. The molecule has 0 bridgehead atoms. The number of rotatable bonds is 2. The Hall–Kier alpha value is -1.69. The molecular formula is C16H15Cl3N4O. The summed E-state index contributed by atoms with van der Waals surface area (Å²) in [6.07, 6.45) is 1.72. The van der Waals surface area contributed by atoms with E-state index in [0.717, 1.165) is 5.82 Å². The molecule has 8 heteroatoms. The fourth-order valence-electron chi connectivity index (χ4n) is 2.72. The molecule has 2 aromatic rings. The van der Waals surface area contributed by atoms with Gasteiger partial charge in [0, 0.05) is 32.4 Å². The Bertz CT molecular complexity index is 740. The molecule has 0 saturated carbocycles. The van der Waals surface area contributed by atoms with Crippen LogP contribution in [0.5, 0.6) is 0 Å². The van der Waals surface area contributed by atoms with Crippen molar-refractivity contribution >= 4 is 46.5 Å². The molecule has 0 atom stereocenters. The van der Waals surface area contributed by atoms with Gasteiger partial charge in [-0.15, -0.1) is 0 Å². The van der Waals surface area contributed by atoms with Crippen molar-refractivity contribution in [3.63, 3.8) is 0 Å². The van der Waals surface area contributed by atoms with E-state index < -0.39 is 0 Å². The highest BCUT2D eigenvalue weighted by atomic mass is 35.5. The number of piperazine rings is 1. The maximum Gasteiger partial charge on any atom is 0.178 e. The van der Waals surface area contributed by atoms with Crippen LogP contribution in [0.15, 0.2) is 41.7 Å². The van der Waals surface area contributed by atoms with Crippen molar-refractivity contribution in [2.45, 2.75) is 0 Å². The summed E-state index contributed by atoms with van der Waals surface area (Å²) < 4.78 is 0. The summed E-state index contributed by atoms with van der Waals surface area (Å²) in [6, 6.07) is 8.82. The van der Waals surface area contributed by atoms with E-state index in [2.05, 4.69) is 15.0 Å². The highest BCUT2D eigenvalue weighted by Crippen LogP contribution is 2.28. The third-order valence-electron chi connectivity index (χ3n) is 3.90. The van der Waals surface area contributed by atoms with Crippen LogP contribution in [0.25, 0.3) is 0 Å². The lowest BCUT2D eigenvalue weighted by atomic mass is 10.1. The molecule has 2 heterocycles. The molecule has 1 N–H and O–H groups in total. The highest BCUT2D eigenvalue weighted by Gasteiger charge is 2.25. The second-order valence-corrected chi connectivity index (χ2v) is 6.52. The summed E-state index contributed by atoms with van der Waals surface area (Å²) in [5.41, 5.74) is 0.535. The number of oxime groups is 1. The average Bonchev–Trinajstić information content (AvgIpc) is 2.59. The zero-order valence-electron chi connectivity index (χ0n) is 12.7. The number of nitrogens with zero attached hydrogens (tertiary/aromatic N) is 4. The third kappa shape index (κ3) is 3.38. The summed E-state index contributed by atoms with van der Waals surface area (Å²) in [5.74, 6) is 1.13. The van der Waals surface area contributed by atoms with Crippen molar-refractivity contribution in [2.75, 3.05) is 31.1 Å². The number of anilines is 1. The minimum absolute atomic E-state index is 0.373. The number of hydrogen-bond acceptors (Lipinski definition) is 4. The Kier molecular flexibility index (Phi) is 5.33. The number of amidine groups is 1. The first-order chi connectivity index (χ1) is 11.6. The molecule has 5 nitrogen and oxygen atoms in total.